The first-order valence-corrected chi connectivity index (χ1v) is 13.2. The normalized spacial score (nSPS) is 14.2. The molecule has 1 aliphatic heterocycles. The van der Waals surface area contributed by atoms with E-state index in [1.807, 2.05) is 24.3 Å². The number of aromatic nitrogens is 3. The van der Waals surface area contributed by atoms with Crippen molar-refractivity contribution in [1.29, 1.82) is 0 Å². The molecule has 2 amide bonds. The summed E-state index contributed by atoms with van der Waals surface area (Å²) in [6.45, 7) is 1.46. The van der Waals surface area contributed by atoms with Crippen molar-refractivity contribution in [1.82, 2.24) is 25.4 Å². The molecule has 0 spiro atoms. The summed E-state index contributed by atoms with van der Waals surface area (Å²) in [5, 5.41) is 24.5. The largest absolute Gasteiger partial charge is 0.388 e. The summed E-state index contributed by atoms with van der Waals surface area (Å²) >= 11 is 12.8. The van der Waals surface area contributed by atoms with Crippen LogP contribution in [0.15, 0.2) is 72.9 Å². The third-order valence-electron chi connectivity index (χ3n) is 6.54. The van der Waals surface area contributed by atoms with Crippen molar-refractivity contribution < 1.29 is 14.7 Å². The zero-order valence-corrected chi connectivity index (χ0v) is 23.6. The number of anilines is 1. The number of halogens is 3. The Labute approximate surface area is 247 Å². The molecule has 2 aromatic carbocycles. The number of benzene rings is 2. The number of hydrogen-bond acceptors (Lipinski definition) is 6. The molecule has 3 heterocycles. The monoisotopic (exact) mass is 600 g/mol. The maximum Gasteiger partial charge on any atom is 0.271 e. The highest BCUT2D eigenvalue weighted by molar-refractivity contribution is 6.38. The van der Waals surface area contributed by atoms with Crippen molar-refractivity contribution in [3.63, 3.8) is 0 Å². The van der Waals surface area contributed by atoms with E-state index in [9.17, 15) is 14.7 Å². The fraction of sp³-hybridized carbons (Fsp3) is 0.214. The van der Waals surface area contributed by atoms with E-state index in [4.69, 9.17) is 23.2 Å². The van der Waals surface area contributed by atoms with Crippen molar-refractivity contribution in [2.75, 3.05) is 25.0 Å². The number of piperidine rings is 1. The van der Waals surface area contributed by atoms with Gasteiger partial charge in [-0.15, -0.1) is 12.4 Å². The Balaban J connectivity index is 0.00000370. The van der Waals surface area contributed by atoms with Crippen LogP contribution in [0, 0.1) is 0 Å². The van der Waals surface area contributed by atoms with E-state index in [0.29, 0.717) is 47.9 Å². The molecular weight excluding hydrogens is 575 g/mol. The Bertz CT molecular complexity index is 1490. The Morgan fingerprint density at radius 3 is 2.40 bits per heavy atom. The van der Waals surface area contributed by atoms with Gasteiger partial charge in [-0.3, -0.25) is 14.6 Å². The summed E-state index contributed by atoms with van der Waals surface area (Å²) in [7, 11) is 0. The van der Waals surface area contributed by atoms with Gasteiger partial charge in [0.2, 0.25) is 0 Å². The molecule has 0 unspecified atom stereocenters. The molecule has 1 fully saturated rings. The van der Waals surface area contributed by atoms with E-state index in [1.54, 1.807) is 36.5 Å². The maximum atomic E-state index is 13.4. The minimum atomic E-state index is -0.976. The van der Waals surface area contributed by atoms with Gasteiger partial charge < -0.3 is 21.1 Å². The molecule has 0 saturated carbocycles. The van der Waals surface area contributed by atoms with E-state index in [0.717, 1.165) is 0 Å². The summed E-state index contributed by atoms with van der Waals surface area (Å²) in [5.74, 6) is -0.710. The Morgan fingerprint density at radius 2 is 1.70 bits per heavy atom. The lowest BCUT2D eigenvalue weighted by Crippen LogP contribution is -2.49. The number of pyridine rings is 1. The Hall–Kier alpha value is -3.47. The molecule has 0 bridgehead atoms. The number of aliphatic hydroxyl groups is 1. The third kappa shape index (κ3) is 6.63. The van der Waals surface area contributed by atoms with Crippen LogP contribution in [0.2, 0.25) is 10.0 Å². The number of amides is 2. The first kappa shape index (κ1) is 29.5. The van der Waals surface area contributed by atoms with Crippen molar-refractivity contribution in [2.24, 2.45) is 0 Å². The van der Waals surface area contributed by atoms with Crippen molar-refractivity contribution >= 4 is 53.2 Å². The van der Waals surface area contributed by atoms with E-state index < -0.39 is 17.4 Å². The SMILES string of the molecule is Cl.O=C(NCC1(O)CCNCC1)c1cc(NC(=O)c2cc(-c3ccccn3)c(Cl)cc2Cl)n(-c2ccccc2)n1. The van der Waals surface area contributed by atoms with E-state index in [2.05, 4.69) is 26.0 Å². The highest BCUT2D eigenvalue weighted by Crippen LogP contribution is 2.32. The van der Waals surface area contributed by atoms with E-state index >= 15 is 0 Å². The third-order valence-corrected chi connectivity index (χ3v) is 7.16. The lowest BCUT2D eigenvalue weighted by molar-refractivity contribution is 0.0112. The van der Waals surface area contributed by atoms with E-state index in [-0.39, 0.29) is 41.0 Å². The molecule has 1 saturated heterocycles. The van der Waals surface area contributed by atoms with Crippen LogP contribution in [-0.4, -0.2) is 56.9 Å². The first-order valence-electron chi connectivity index (χ1n) is 12.4. The predicted molar refractivity (Wildman–Crippen MR) is 158 cm³/mol. The number of hydrogen-bond donors (Lipinski definition) is 4. The number of nitrogens with zero attached hydrogens (tertiary/aromatic N) is 3. The number of rotatable bonds is 7. The number of nitrogens with one attached hydrogen (secondary N) is 3. The van der Waals surface area contributed by atoms with Gasteiger partial charge in [0.05, 0.1) is 32.6 Å². The fourth-order valence-electron chi connectivity index (χ4n) is 4.38. The molecule has 0 radical (unpaired) electrons. The zero-order valence-electron chi connectivity index (χ0n) is 21.2. The number of carbonyl (C=O) groups excluding carboxylic acids is 2. The summed E-state index contributed by atoms with van der Waals surface area (Å²) in [6, 6.07) is 19.1. The molecule has 1 aliphatic rings. The number of para-hydroxylation sites is 1. The molecule has 40 heavy (non-hydrogen) atoms. The topological polar surface area (TPSA) is 121 Å². The standard InChI is InChI=1S/C28H26Cl2N6O3.ClH/c29-21-15-22(30)20(14-19(21)23-8-4-5-11-32-23)26(37)34-25-16-24(35-36(25)18-6-2-1-3-7-18)27(38)33-17-28(39)9-12-31-13-10-28;/h1-8,11,14-16,31,39H,9-10,12-13,17H2,(H,33,38)(H,34,37);1H. The highest BCUT2D eigenvalue weighted by Gasteiger charge is 2.30. The molecule has 12 heteroatoms. The van der Waals surface area contributed by atoms with Gasteiger partial charge in [0.15, 0.2) is 5.69 Å². The minimum Gasteiger partial charge on any atom is -0.388 e. The summed E-state index contributed by atoms with van der Waals surface area (Å²) in [6.07, 6.45) is 2.71. The van der Waals surface area contributed by atoms with Gasteiger partial charge in [-0.2, -0.15) is 5.10 Å². The first-order chi connectivity index (χ1) is 18.8. The average Bonchev–Trinajstić information content (AvgIpc) is 3.37. The van der Waals surface area contributed by atoms with Crippen molar-refractivity contribution in [3.8, 4) is 16.9 Å². The molecule has 5 rings (SSSR count). The average molecular weight is 602 g/mol. The smallest absolute Gasteiger partial charge is 0.271 e. The predicted octanol–water partition coefficient (Wildman–Crippen LogP) is 4.76. The Kier molecular flexibility index (Phi) is 9.44. The van der Waals surface area contributed by atoms with Crippen LogP contribution in [0.3, 0.4) is 0 Å². The van der Waals surface area contributed by atoms with Gasteiger partial charge in [-0.1, -0.05) is 47.5 Å². The van der Waals surface area contributed by atoms with Crippen LogP contribution < -0.4 is 16.0 Å². The molecule has 4 N–H and O–H groups in total. The van der Waals surface area contributed by atoms with E-state index in [1.165, 1.54) is 16.8 Å². The molecule has 9 nitrogen and oxygen atoms in total. The van der Waals surface area contributed by atoms with Gasteiger partial charge in [0, 0.05) is 24.4 Å². The summed E-state index contributed by atoms with van der Waals surface area (Å²) in [5.41, 5.74) is 1.08. The molecule has 208 valence electrons. The fourth-order valence-corrected chi connectivity index (χ4v) is 4.94. The van der Waals surface area contributed by atoms with Gasteiger partial charge in [-0.05, 0) is 62.3 Å². The van der Waals surface area contributed by atoms with Crippen LogP contribution in [0.1, 0.15) is 33.7 Å². The van der Waals surface area contributed by atoms with Gasteiger partial charge in [0.25, 0.3) is 11.8 Å². The van der Waals surface area contributed by atoms with Crippen LogP contribution in [-0.2, 0) is 0 Å². The molecule has 0 atom stereocenters. The lowest BCUT2D eigenvalue weighted by Gasteiger charge is -2.32. The maximum absolute atomic E-state index is 13.4. The molecule has 4 aromatic rings. The Morgan fingerprint density at radius 1 is 0.975 bits per heavy atom. The van der Waals surface area contributed by atoms with Crippen LogP contribution in [0.5, 0.6) is 0 Å². The van der Waals surface area contributed by atoms with Gasteiger partial charge in [-0.25, -0.2) is 4.68 Å². The second-order valence-electron chi connectivity index (χ2n) is 9.30. The van der Waals surface area contributed by atoms with Crippen LogP contribution in [0.4, 0.5) is 5.82 Å². The second kappa shape index (κ2) is 12.8. The lowest BCUT2D eigenvalue weighted by atomic mass is 9.92. The number of carbonyl (C=O) groups is 2. The summed E-state index contributed by atoms with van der Waals surface area (Å²) in [4.78, 5) is 30.8. The molecule has 0 aliphatic carbocycles. The minimum absolute atomic E-state index is 0. The van der Waals surface area contributed by atoms with Crippen molar-refractivity contribution in [3.05, 3.63) is 94.2 Å². The van der Waals surface area contributed by atoms with Crippen LogP contribution in [0.25, 0.3) is 16.9 Å². The van der Waals surface area contributed by atoms with Gasteiger partial charge >= 0.3 is 0 Å². The molecular formula is C28H27Cl3N6O3. The quantitative estimate of drug-likeness (QED) is 0.242. The highest BCUT2D eigenvalue weighted by atomic mass is 35.5. The van der Waals surface area contributed by atoms with Crippen LogP contribution >= 0.6 is 35.6 Å². The van der Waals surface area contributed by atoms with Gasteiger partial charge in [0.1, 0.15) is 5.82 Å². The second-order valence-corrected chi connectivity index (χ2v) is 10.1. The molecule has 2 aromatic heterocycles. The summed E-state index contributed by atoms with van der Waals surface area (Å²) < 4.78 is 1.47. The van der Waals surface area contributed by atoms with Crippen molar-refractivity contribution in [2.45, 2.75) is 18.4 Å². The zero-order chi connectivity index (χ0) is 27.4.